The van der Waals surface area contributed by atoms with Gasteiger partial charge in [-0.3, -0.25) is 9.68 Å². The van der Waals surface area contributed by atoms with E-state index in [2.05, 4.69) is 5.32 Å². The van der Waals surface area contributed by atoms with Crippen molar-refractivity contribution < 1.29 is 18.1 Å². The van der Waals surface area contributed by atoms with Crippen LogP contribution in [0.4, 0.5) is 20.6 Å². The van der Waals surface area contributed by atoms with Gasteiger partial charge in [-0.15, -0.1) is 0 Å². The zero-order valence-electron chi connectivity index (χ0n) is 15.8. The Kier molecular flexibility index (Phi) is 6.39. The molecular weight excluding hydrogens is 403 g/mol. The first-order valence-electron chi connectivity index (χ1n) is 9.32. The largest absolute Gasteiger partial charge is 0.442 e. The molecule has 0 spiro atoms. The van der Waals surface area contributed by atoms with Gasteiger partial charge in [0.25, 0.3) is 0 Å². The van der Waals surface area contributed by atoms with Gasteiger partial charge >= 0.3 is 6.09 Å². The number of thiocarbonyl (C=S) groups is 1. The average molecular weight is 429 g/mol. The Morgan fingerprint density at radius 2 is 2.14 bits per heavy atom. The van der Waals surface area contributed by atoms with Gasteiger partial charge in [-0.25, -0.2) is 13.4 Å². The smallest absolute Gasteiger partial charge is 0.414 e. The summed E-state index contributed by atoms with van der Waals surface area (Å²) in [5, 5.41) is 3.10. The van der Waals surface area contributed by atoms with Crippen molar-refractivity contribution in [1.82, 2.24) is 5.32 Å². The van der Waals surface area contributed by atoms with Crippen molar-refractivity contribution in [1.29, 1.82) is 4.78 Å². The van der Waals surface area contributed by atoms with Gasteiger partial charge in [0.2, 0.25) is 0 Å². The summed E-state index contributed by atoms with van der Waals surface area (Å²) < 4.78 is 39.4. The number of cyclic esters (lactones) is 1. The van der Waals surface area contributed by atoms with Crippen molar-refractivity contribution >= 4 is 44.4 Å². The predicted octanol–water partition coefficient (Wildman–Crippen LogP) is 2.73. The lowest BCUT2D eigenvalue weighted by Crippen LogP contribution is -2.40. The number of carbonyl (C=O) groups is 1. The summed E-state index contributed by atoms with van der Waals surface area (Å²) >= 11 is 5.20. The lowest BCUT2D eigenvalue weighted by atomic mass is 10.2. The molecule has 1 amide bonds. The molecule has 0 aromatic heterocycles. The second-order valence-electron chi connectivity index (χ2n) is 7.01. The van der Waals surface area contributed by atoms with E-state index in [1.165, 1.54) is 11.0 Å². The number of benzene rings is 1. The maximum absolute atomic E-state index is 14.7. The summed E-state index contributed by atoms with van der Waals surface area (Å²) in [6, 6.07) is 4.63. The van der Waals surface area contributed by atoms with Gasteiger partial charge in [0.05, 0.1) is 29.5 Å². The Morgan fingerprint density at radius 3 is 2.79 bits per heavy atom. The number of ether oxygens (including phenoxy) is 1. The molecule has 1 aromatic rings. The lowest BCUT2D eigenvalue weighted by molar-refractivity contribution is 0.143. The third-order valence-corrected chi connectivity index (χ3v) is 6.88. The first kappa shape index (κ1) is 20.8. The molecule has 0 saturated carbocycles. The maximum atomic E-state index is 14.7. The highest BCUT2D eigenvalue weighted by molar-refractivity contribution is 7.92. The standard InChI is InChI=1S/C18H25FN4O3S2/c1-2-3-17(27)21-11-14-12-23(18(24)26-14)13-4-5-16(15(19)10-13)22-6-8-28(20,25)9-7-22/h4-5,10,14,20H,2-3,6-9,11-12H2,1H3,(H,21,27)/t14-/m0/s1. The zero-order chi connectivity index (χ0) is 20.3. The van der Waals surface area contributed by atoms with E-state index in [0.717, 1.165) is 17.8 Å². The van der Waals surface area contributed by atoms with Gasteiger partial charge in [0.1, 0.15) is 11.9 Å². The zero-order valence-corrected chi connectivity index (χ0v) is 17.4. The number of rotatable bonds is 6. The molecule has 0 aliphatic carbocycles. The number of carbonyl (C=O) groups excluding carboxylic acids is 1. The van der Waals surface area contributed by atoms with Crippen molar-refractivity contribution in [2.24, 2.45) is 0 Å². The second-order valence-corrected chi connectivity index (χ2v) is 9.95. The van der Waals surface area contributed by atoms with E-state index in [9.17, 15) is 13.4 Å². The van der Waals surface area contributed by atoms with Crippen LogP contribution in [0.25, 0.3) is 0 Å². The Hall–Kier alpha value is -1.94. The van der Waals surface area contributed by atoms with Crippen LogP contribution >= 0.6 is 12.2 Å². The predicted molar refractivity (Wildman–Crippen MR) is 112 cm³/mol. The number of hydrogen-bond donors (Lipinski definition) is 2. The Balaban J connectivity index is 1.63. The summed E-state index contributed by atoms with van der Waals surface area (Å²) in [5.41, 5.74) is 0.834. The number of hydrogen-bond acceptors (Lipinski definition) is 6. The Bertz CT molecular complexity index is 848. The quantitative estimate of drug-likeness (QED) is 0.678. The summed E-state index contributed by atoms with van der Waals surface area (Å²) in [6.45, 7) is 3.57. The summed E-state index contributed by atoms with van der Waals surface area (Å²) in [4.78, 5) is 16.1. The highest BCUT2D eigenvalue weighted by Gasteiger charge is 2.33. The van der Waals surface area contributed by atoms with Crippen LogP contribution in [0.1, 0.15) is 19.8 Å². The average Bonchev–Trinajstić information content (AvgIpc) is 3.01. The lowest BCUT2D eigenvalue weighted by Gasteiger charge is -2.30. The van der Waals surface area contributed by atoms with Crippen LogP contribution in [0.5, 0.6) is 0 Å². The van der Waals surface area contributed by atoms with E-state index in [-0.39, 0.29) is 17.6 Å². The van der Waals surface area contributed by atoms with Crippen molar-refractivity contribution in [2.45, 2.75) is 25.9 Å². The third kappa shape index (κ3) is 4.91. The van der Waals surface area contributed by atoms with Gasteiger partial charge in [-0.2, -0.15) is 0 Å². The minimum atomic E-state index is -2.54. The molecule has 1 aromatic carbocycles. The molecule has 1 atom stereocenters. The summed E-state index contributed by atoms with van der Waals surface area (Å²) in [7, 11) is -2.54. The number of halogens is 1. The fourth-order valence-corrected chi connectivity index (χ4v) is 4.79. The van der Waals surface area contributed by atoms with Gasteiger partial charge in [0, 0.05) is 34.3 Å². The van der Waals surface area contributed by atoms with Crippen molar-refractivity contribution in [3.63, 3.8) is 0 Å². The minimum absolute atomic E-state index is 0.237. The molecule has 2 saturated heterocycles. The maximum Gasteiger partial charge on any atom is 0.414 e. The van der Waals surface area contributed by atoms with E-state index in [1.807, 2.05) is 6.92 Å². The van der Waals surface area contributed by atoms with Crippen LogP contribution in [-0.2, 0) is 14.5 Å². The highest BCUT2D eigenvalue weighted by Crippen LogP contribution is 2.28. The minimum Gasteiger partial charge on any atom is -0.442 e. The van der Waals surface area contributed by atoms with E-state index in [4.69, 9.17) is 21.7 Å². The molecule has 154 valence electrons. The molecule has 7 nitrogen and oxygen atoms in total. The van der Waals surface area contributed by atoms with Crippen molar-refractivity contribution in [3.8, 4) is 0 Å². The van der Waals surface area contributed by atoms with Gasteiger partial charge in [0.15, 0.2) is 0 Å². The topological polar surface area (TPSA) is 85.7 Å². The van der Waals surface area contributed by atoms with Gasteiger partial charge in [-0.1, -0.05) is 19.1 Å². The fraction of sp³-hybridized carbons (Fsp3) is 0.556. The number of anilines is 2. The fourth-order valence-electron chi connectivity index (χ4n) is 3.27. The number of nitrogens with one attached hydrogen (secondary N) is 2. The number of amides is 1. The van der Waals surface area contributed by atoms with Crippen molar-refractivity contribution in [3.05, 3.63) is 24.0 Å². The molecular formula is C18H25FN4O3S2. The molecule has 2 heterocycles. The van der Waals surface area contributed by atoms with Crippen LogP contribution in [0, 0.1) is 10.6 Å². The molecule has 0 radical (unpaired) electrons. The first-order chi connectivity index (χ1) is 13.3. The van der Waals surface area contributed by atoms with Crippen LogP contribution in [0.2, 0.25) is 0 Å². The SMILES string of the molecule is CCCC(=S)NC[C@H]1CN(c2ccc(N3CCS(=N)(=O)CC3)c(F)c2)C(=O)O1. The molecule has 2 N–H and O–H groups in total. The molecule has 0 unspecified atom stereocenters. The molecule has 2 fully saturated rings. The van der Waals surface area contributed by atoms with Crippen molar-refractivity contribution in [2.75, 3.05) is 47.5 Å². The summed E-state index contributed by atoms with van der Waals surface area (Å²) in [5.74, 6) is 0.0250. The molecule has 28 heavy (non-hydrogen) atoms. The Morgan fingerprint density at radius 1 is 1.43 bits per heavy atom. The van der Waals surface area contributed by atoms with Crippen LogP contribution < -0.4 is 15.1 Å². The normalized spacial score (nSPS) is 21.5. The Labute approximate surface area is 170 Å². The van der Waals surface area contributed by atoms with E-state index >= 15 is 0 Å². The highest BCUT2D eigenvalue weighted by atomic mass is 32.2. The molecule has 0 bridgehead atoms. The van der Waals surface area contributed by atoms with Crippen LogP contribution in [0.3, 0.4) is 0 Å². The van der Waals surface area contributed by atoms with E-state index in [1.54, 1.807) is 17.0 Å². The second kappa shape index (κ2) is 8.60. The summed E-state index contributed by atoms with van der Waals surface area (Å²) in [6.07, 6.45) is 0.881. The molecule has 3 rings (SSSR count). The van der Waals surface area contributed by atoms with Gasteiger partial charge in [-0.05, 0) is 31.0 Å². The molecule has 10 heteroatoms. The van der Waals surface area contributed by atoms with Gasteiger partial charge < -0.3 is 15.0 Å². The van der Waals surface area contributed by atoms with Crippen LogP contribution in [0.15, 0.2) is 18.2 Å². The molecule has 2 aliphatic heterocycles. The van der Waals surface area contributed by atoms with Crippen LogP contribution in [-0.4, -0.2) is 59.1 Å². The van der Waals surface area contributed by atoms with E-state index in [0.29, 0.717) is 37.6 Å². The monoisotopic (exact) mass is 428 g/mol. The first-order valence-corrected chi connectivity index (χ1v) is 11.6. The van der Waals surface area contributed by atoms with E-state index < -0.39 is 21.6 Å². The molecule has 2 aliphatic rings. The third-order valence-electron chi connectivity index (χ3n) is 4.84. The number of nitrogens with zero attached hydrogens (tertiary/aromatic N) is 2.